The molecule has 0 bridgehead atoms. The van der Waals surface area contributed by atoms with Gasteiger partial charge >= 0.3 is 12.0 Å². The molecule has 1 aromatic rings. The molecule has 0 radical (unpaired) electrons. The minimum atomic E-state index is -1.45. The molecule has 0 aliphatic carbocycles. The second kappa shape index (κ2) is 6.78. The summed E-state index contributed by atoms with van der Waals surface area (Å²) in [4.78, 5) is 22.3. The van der Waals surface area contributed by atoms with Crippen LogP contribution in [0, 0.1) is 17.5 Å². The first-order valence-electron chi connectivity index (χ1n) is 5.80. The predicted octanol–water partition coefficient (Wildman–Crippen LogP) is 2.48. The molecule has 0 aliphatic heterocycles. The zero-order valence-electron chi connectivity index (χ0n) is 10.5. The molecular formula is C12H13F3N2O3. The number of nitrogens with one attached hydrogen (secondary N) is 2. The Bertz CT molecular complexity index is 523. The summed E-state index contributed by atoms with van der Waals surface area (Å²) in [6.45, 7) is 1.72. The topological polar surface area (TPSA) is 78.4 Å². The second-order valence-corrected chi connectivity index (χ2v) is 4.03. The lowest BCUT2D eigenvalue weighted by Gasteiger charge is -2.14. The van der Waals surface area contributed by atoms with E-state index in [1.54, 1.807) is 6.92 Å². The third-order valence-corrected chi connectivity index (χ3v) is 2.42. The fourth-order valence-electron chi connectivity index (χ4n) is 1.51. The molecule has 2 amide bonds. The van der Waals surface area contributed by atoms with E-state index in [9.17, 15) is 22.8 Å². The number of carbonyl (C=O) groups is 2. The van der Waals surface area contributed by atoms with Crippen LogP contribution in [-0.4, -0.2) is 23.1 Å². The minimum absolute atomic E-state index is 0.169. The van der Waals surface area contributed by atoms with Crippen LogP contribution in [0.5, 0.6) is 0 Å². The summed E-state index contributed by atoms with van der Waals surface area (Å²) in [5.74, 6) is -5.21. The fraction of sp³-hybridized carbons (Fsp3) is 0.333. The highest BCUT2D eigenvalue weighted by molar-refractivity contribution is 5.92. The zero-order valence-corrected chi connectivity index (χ0v) is 10.5. The largest absolute Gasteiger partial charge is 0.480 e. The van der Waals surface area contributed by atoms with Crippen LogP contribution in [0.3, 0.4) is 0 Å². The molecule has 0 fully saturated rings. The van der Waals surface area contributed by atoms with Gasteiger partial charge in [0, 0.05) is 12.1 Å². The molecule has 3 N–H and O–H groups in total. The van der Waals surface area contributed by atoms with Crippen molar-refractivity contribution < 1.29 is 27.9 Å². The number of rotatable bonds is 5. The number of carbonyl (C=O) groups excluding carboxylic acids is 1. The standard InChI is InChI=1S/C12H13F3N2O3/c1-2-3-8(11(18)19)16-12(20)17-9-5-6(13)4-7(14)10(9)15/h4-5,8H,2-3H2,1H3,(H,18,19)(H2,16,17,20)/t8-/m0/s1. The SMILES string of the molecule is CCC[C@H](NC(=O)Nc1cc(F)cc(F)c1F)C(=O)O. The maximum Gasteiger partial charge on any atom is 0.326 e. The lowest BCUT2D eigenvalue weighted by atomic mass is 10.2. The van der Waals surface area contributed by atoms with E-state index in [2.05, 4.69) is 5.32 Å². The molecule has 0 spiro atoms. The summed E-state index contributed by atoms with van der Waals surface area (Å²) in [6.07, 6.45) is 0.670. The first-order chi connectivity index (χ1) is 9.35. The number of benzene rings is 1. The molecule has 8 heteroatoms. The molecule has 1 rings (SSSR count). The number of halogens is 3. The lowest BCUT2D eigenvalue weighted by Crippen LogP contribution is -2.43. The van der Waals surface area contributed by atoms with Crippen molar-refractivity contribution in [2.45, 2.75) is 25.8 Å². The van der Waals surface area contributed by atoms with Crippen molar-refractivity contribution in [1.82, 2.24) is 5.32 Å². The molecule has 0 unspecified atom stereocenters. The van der Waals surface area contributed by atoms with E-state index in [1.165, 1.54) is 0 Å². The molecule has 0 aliphatic rings. The third kappa shape index (κ3) is 4.15. The van der Waals surface area contributed by atoms with Crippen molar-refractivity contribution in [3.8, 4) is 0 Å². The van der Waals surface area contributed by atoms with E-state index >= 15 is 0 Å². The average molecular weight is 290 g/mol. The van der Waals surface area contributed by atoms with Crippen molar-refractivity contribution in [3.05, 3.63) is 29.6 Å². The van der Waals surface area contributed by atoms with Crippen molar-refractivity contribution in [2.24, 2.45) is 0 Å². The molecule has 0 saturated carbocycles. The van der Waals surface area contributed by atoms with Gasteiger partial charge in [0.1, 0.15) is 11.9 Å². The number of carboxylic acids is 1. The molecule has 0 heterocycles. The van der Waals surface area contributed by atoms with Crippen molar-refractivity contribution in [1.29, 1.82) is 0 Å². The Morgan fingerprint density at radius 3 is 2.50 bits per heavy atom. The number of aliphatic carboxylic acids is 1. The highest BCUT2D eigenvalue weighted by atomic mass is 19.2. The Morgan fingerprint density at radius 2 is 1.95 bits per heavy atom. The number of amides is 2. The van der Waals surface area contributed by atoms with Crippen molar-refractivity contribution >= 4 is 17.7 Å². The van der Waals surface area contributed by atoms with Crippen LogP contribution < -0.4 is 10.6 Å². The fourth-order valence-corrected chi connectivity index (χ4v) is 1.51. The van der Waals surface area contributed by atoms with Gasteiger partial charge in [0.15, 0.2) is 11.6 Å². The van der Waals surface area contributed by atoms with E-state index in [0.29, 0.717) is 18.6 Å². The normalized spacial score (nSPS) is 11.8. The maximum atomic E-state index is 13.3. The van der Waals surface area contributed by atoms with Gasteiger partial charge in [0.2, 0.25) is 0 Å². The van der Waals surface area contributed by atoms with Gasteiger partial charge in [-0.25, -0.2) is 22.8 Å². The molecule has 1 aromatic carbocycles. The van der Waals surface area contributed by atoms with Crippen molar-refractivity contribution in [2.75, 3.05) is 5.32 Å². The Labute approximate surface area is 112 Å². The molecule has 0 saturated heterocycles. The molecule has 110 valence electrons. The number of carboxylic acid groups (broad SMARTS) is 1. The van der Waals surface area contributed by atoms with Gasteiger partial charge in [0.05, 0.1) is 5.69 Å². The molecule has 1 atom stereocenters. The number of hydrogen-bond donors (Lipinski definition) is 3. The highest BCUT2D eigenvalue weighted by Crippen LogP contribution is 2.19. The van der Waals surface area contributed by atoms with Gasteiger partial charge in [-0.15, -0.1) is 0 Å². The van der Waals surface area contributed by atoms with E-state index in [4.69, 9.17) is 5.11 Å². The van der Waals surface area contributed by atoms with Crippen LogP contribution in [0.4, 0.5) is 23.7 Å². The Balaban J connectivity index is 2.78. The first-order valence-corrected chi connectivity index (χ1v) is 5.80. The Hall–Kier alpha value is -2.25. The summed E-state index contributed by atoms with van der Waals surface area (Å²) in [5.41, 5.74) is -0.708. The molecule has 20 heavy (non-hydrogen) atoms. The van der Waals surface area contributed by atoms with Crippen LogP contribution >= 0.6 is 0 Å². The van der Waals surface area contributed by atoms with Crippen LogP contribution in [0.15, 0.2) is 12.1 Å². The molecule has 5 nitrogen and oxygen atoms in total. The lowest BCUT2D eigenvalue weighted by molar-refractivity contribution is -0.139. The number of anilines is 1. The van der Waals surface area contributed by atoms with E-state index in [-0.39, 0.29) is 6.42 Å². The smallest absolute Gasteiger partial charge is 0.326 e. The summed E-state index contributed by atoms with van der Waals surface area (Å²) in [5, 5.41) is 12.8. The molecular weight excluding hydrogens is 277 g/mol. The molecule has 0 aromatic heterocycles. The van der Waals surface area contributed by atoms with Crippen LogP contribution in [0.2, 0.25) is 0 Å². The van der Waals surface area contributed by atoms with Gasteiger partial charge in [-0.2, -0.15) is 0 Å². The second-order valence-electron chi connectivity index (χ2n) is 4.03. The number of hydrogen-bond acceptors (Lipinski definition) is 2. The third-order valence-electron chi connectivity index (χ3n) is 2.42. The number of urea groups is 1. The summed E-state index contributed by atoms with van der Waals surface area (Å²) in [7, 11) is 0. The Morgan fingerprint density at radius 1 is 1.30 bits per heavy atom. The quantitative estimate of drug-likeness (QED) is 0.729. The van der Waals surface area contributed by atoms with Gasteiger partial charge < -0.3 is 15.7 Å². The van der Waals surface area contributed by atoms with E-state index < -0.39 is 41.2 Å². The van der Waals surface area contributed by atoms with Gasteiger partial charge in [-0.3, -0.25) is 0 Å². The first kappa shape index (κ1) is 15.8. The Kier molecular flexibility index (Phi) is 5.36. The van der Waals surface area contributed by atoms with Crippen LogP contribution in [0.25, 0.3) is 0 Å². The monoisotopic (exact) mass is 290 g/mol. The summed E-state index contributed by atoms with van der Waals surface area (Å²) < 4.78 is 39.1. The van der Waals surface area contributed by atoms with Crippen LogP contribution in [0.1, 0.15) is 19.8 Å². The average Bonchev–Trinajstić information content (AvgIpc) is 2.34. The van der Waals surface area contributed by atoms with Gasteiger partial charge in [0.25, 0.3) is 0 Å². The predicted molar refractivity (Wildman–Crippen MR) is 64.8 cm³/mol. The zero-order chi connectivity index (χ0) is 15.3. The van der Waals surface area contributed by atoms with E-state index in [0.717, 1.165) is 0 Å². The van der Waals surface area contributed by atoms with Crippen molar-refractivity contribution in [3.63, 3.8) is 0 Å². The summed E-state index contributed by atoms with van der Waals surface area (Å²) in [6, 6.07) is -1.31. The van der Waals surface area contributed by atoms with Gasteiger partial charge in [-0.1, -0.05) is 13.3 Å². The summed E-state index contributed by atoms with van der Waals surface area (Å²) >= 11 is 0. The minimum Gasteiger partial charge on any atom is -0.480 e. The van der Waals surface area contributed by atoms with Crippen LogP contribution in [-0.2, 0) is 4.79 Å². The maximum absolute atomic E-state index is 13.3. The van der Waals surface area contributed by atoms with Gasteiger partial charge in [-0.05, 0) is 6.42 Å². The highest BCUT2D eigenvalue weighted by Gasteiger charge is 2.20. The van der Waals surface area contributed by atoms with E-state index in [1.807, 2.05) is 5.32 Å².